The van der Waals surface area contributed by atoms with Gasteiger partial charge in [0.2, 0.25) is 0 Å². The number of phenolic OH excluding ortho intramolecular Hbond substituents is 1. The van der Waals surface area contributed by atoms with Gasteiger partial charge in [-0.15, -0.1) is 0 Å². The molecular weight excluding hydrogens is 286 g/mol. The minimum absolute atomic E-state index is 0.254. The maximum Gasteiger partial charge on any atom is 0.163 e. The highest BCUT2D eigenvalue weighted by Crippen LogP contribution is 2.21. The number of rotatable bonds is 3. The van der Waals surface area contributed by atoms with Crippen molar-refractivity contribution in [3.63, 3.8) is 0 Å². The van der Waals surface area contributed by atoms with Crippen molar-refractivity contribution in [2.45, 2.75) is 6.54 Å². The fourth-order valence-corrected chi connectivity index (χ4v) is 2.74. The SMILES string of the molecule is Oc1ccc(N2CCN(Cc3cccc(F)c3F)CC2)cc1. The zero-order chi connectivity index (χ0) is 15.5. The summed E-state index contributed by atoms with van der Waals surface area (Å²) in [5.74, 6) is -1.28. The summed E-state index contributed by atoms with van der Waals surface area (Å²) in [4.78, 5) is 4.34. The number of phenols is 1. The summed E-state index contributed by atoms with van der Waals surface area (Å²) >= 11 is 0. The summed E-state index contributed by atoms with van der Waals surface area (Å²) in [6, 6.07) is 11.4. The molecule has 1 fully saturated rings. The van der Waals surface area contributed by atoms with Crippen LogP contribution in [0.4, 0.5) is 14.5 Å². The Kier molecular flexibility index (Phi) is 4.24. The minimum Gasteiger partial charge on any atom is -0.508 e. The molecule has 0 atom stereocenters. The molecule has 0 spiro atoms. The van der Waals surface area contributed by atoms with Crippen molar-refractivity contribution in [2.24, 2.45) is 0 Å². The molecule has 0 aromatic heterocycles. The average molecular weight is 304 g/mol. The molecule has 22 heavy (non-hydrogen) atoms. The van der Waals surface area contributed by atoms with Gasteiger partial charge in [-0.2, -0.15) is 0 Å². The molecule has 2 aromatic carbocycles. The predicted octanol–water partition coefficient (Wildman–Crippen LogP) is 2.99. The summed E-state index contributed by atoms with van der Waals surface area (Å²) in [6.45, 7) is 3.64. The van der Waals surface area contributed by atoms with Gasteiger partial charge in [0.1, 0.15) is 5.75 Å². The first-order valence-electron chi connectivity index (χ1n) is 7.33. The summed E-state index contributed by atoms with van der Waals surface area (Å²) in [6.07, 6.45) is 0. The maximum absolute atomic E-state index is 13.7. The van der Waals surface area contributed by atoms with Gasteiger partial charge < -0.3 is 10.0 Å². The molecular formula is C17H18F2N2O. The third kappa shape index (κ3) is 3.20. The highest BCUT2D eigenvalue weighted by atomic mass is 19.2. The van der Waals surface area contributed by atoms with E-state index in [9.17, 15) is 13.9 Å². The highest BCUT2D eigenvalue weighted by Gasteiger charge is 2.19. The Morgan fingerprint density at radius 2 is 1.59 bits per heavy atom. The molecule has 0 radical (unpaired) electrons. The number of hydrogen-bond donors (Lipinski definition) is 1. The highest BCUT2D eigenvalue weighted by molar-refractivity contribution is 5.49. The quantitative estimate of drug-likeness (QED) is 0.944. The van der Waals surface area contributed by atoms with Crippen LogP contribution in [-0.2, 0) is 6.54 Å². The minimum atomic E-state index is -0.791. The Bertz CT molecular complexity index is 638. The number of nitrogens with zero attached hydrogens (tertiary/aromatic N) is 2. The molecule has 3 nitrogen and oxygen atoms in total. The molecule has 116 valence electrons. The van der Waals surface area contributed by atoms with Crippen LogP contribution in [0.15, 0.2) is 42.5 Å². The molecule has 0 aliphatic carbocycles. The van der Waals surface area contributed by atoms with E-state index >= 15 is 0 Å². The van der Waals surface area contributed by atoms with Crippen LogP contribution >= 0.6 is 0 Å². The third-order valence-corrected chi connectivity index (χ3v) is 4.01. The number of piperazine rings is 1. The number of hydrogen-bond acceptors (Lipinski definition) is 3. The van der Waals surface area contributed by atoms with Gasteiger partial charge in [-0.1, -0.05) is 12.1 Å². The summed E-state index contributed by atoms with van der Waals surface area (Å²) in [7, 11) is 0. The Morgan fingerprint density at radius 1 is 0.909 bits per heavy atom. The molecule has 1 heterocycles. The van der Waals surface area contributed by atoms with Gasteiger partial charge in [-0.25, -0.2) is 8.78 Å². The van der Waals surface area contributed by atoms with Crippen LogP contribution in [0.25, 0.3) is 0 Å². The molecule has 5 heteroatoms. The van der Waals surface area contributed by atoms with Crippen LogP contribution in [0, 0.1) is 11.6 Å². The van der Waals surface area contributed by atoms with Crippen LogP contribution in [0.1, 0.15) is 5.56 Å². The third-order valence-electron chi connectivity index (χ3n) is 4.01. The molecule has 3 rings (SSSR count). The number of benzene rings is 2. The molecule has 2 aromatic rings. The van der Waals surface area contributed by atoms with Gasteiger partial charge in [0, 0.05) is 44.0 Å². The average Bonchev–Trinajstić information content (AvgIpc) is 2.53. The second-order valence-electron chi connectivity index (χ2n) is 5.49. The number of anilines is 1. The normalized spacial score (nSPS) is 16.0. The summed E-state index contributed by atoms with van der Waals surface area (Å²) in [5, 5.41) is 9.32. The van der Waals surface area contributed by atoms with E-state index in [1.165, 1.54) is 0 Å². The van der Waals surface area contributed by atoms with Gasteiger partial charge in [-0.05, 0) is 30.3 Å². The van der Waals surface area contributed by atoms with E-state index in [4.69, 9.17) is 0 Å². The van der Waals surface area contributed by atoms with Gasteiger partial charge in [-0.3, -0.25) is 4.90 Å². The van der Waals surface area contributed by atoms with Crippen molar-refractivity contribution in [1.29, 1.82) is 0 Å². The molecule has 1 saturated heterocycles. The Hall–Kier alpha value is -2.14. The van der Waals surface area contributed by atoms with Crippen molar-refractivity contribution < 1.29 is 13.9 Å². The molecule has 0 amide bonds. The Morgan fingerprint density at radius 3 is 2.27 bits per heavy atom. The predicted molar refractivity (Wildman–Crippen MR) is 82.0 cm³/mol. The Balaban J connectivity index is 1.60. The molecule has 1 aliphatic heterocycles. The lowest BCUT2D eigenvalue weighted by Gasteiger charge is -2.36. The topological polar surface area (TPSA) is 26.7 Å². The molecule has 0 bridgehead atoms. The maximum atomic E-state index is 13.7. The fourth-order valence-electron chi connectivity index (χ4n) is 2.74. The van der Waals surface area contributed by atoms with E-state index < -0.39 is 11.6 Å². The summed E-state index contributed by atoms with van der Waals surface area (Å²) < 4.78 is 26.9. The van der Waals surface area contributed by atoms with E-state index in [2.05, 4.69) is 9.80 Å². The van der Waals surface area contributed by atoms with Crippen molar-refractivity contribution in [3.05, 3.63) is 59.7 Å². The second kappa shape index (κ2) is 6.32. The zero-order valence-electron chi connectivity index (χ0n) is 12.2. The molecule has 1 aliphatic rings. The van der Waals surface area contributed by atoms with E-state index in [-0.39, 0.29) is 5.75 Å². The lowest BCUT2D eigenvalue weighted by atomic mass is 10.1. The molecule has 0 saturated carbocycles. The van der Waals surface area contributed by atoms with Gasteiger partial charge in [0.25, 0.3) is 0 Å². The van der Waals surface area contributed by atoms with Crippen LogP contribution < -0.4 is 4.90 Å². The first-order chi connectivity index (χ1) is 10.6. The first kappa shape index (κ1) is 14.8. The van der Waals surface area contributed by atoms with Crippen LogP contribution in [-0.4, -0.2) is 36.2 Å². The van der Waals surface area contributed by atoms with Crippen molar-refractivity contribution >= 4 is 5.69 Å². The van der Waals surface area contributed by atoms with E-state index in [1.54, 1.807) is 24.3 Å². The number of halogens is 2. The fraction of sp³-hybridized carbons (Fsp3) is 0.294. The first-order valence-corrected chi connectivity index (χ1v) is 7.33. The van der Waals surface area contributed by atoms with E-state index in [0.29, 0.717) is 12.1 Å². The molecule has 0 unspecified atom stereocenters. The van der Waals surface area contributed by atoms with Gasteiger partial charge in [0.05, 0.1) is 0 Å². The van der Waals surface area contributed by atoms with Crippen molar-refractivity contribution in [2.75, 3.05) is 31.1 Å². The summed E-state index contributed by atoms with van der Waals surface area (Å²) in [5.41, 5.74) is 1.47. The van der Waals surface area contributed by atoms with Crippen LogP contribution in [0.5, 0.6) is 5.75 Å². The second-order valence-corrected chi connectivity index (χ2v) is 5.49. The Labute approximate surface area is 128 Å². The van der Waals surface area contributed by atoms with E-state index in [0.717, 1.165) is 37.9 Å². The number of aromatic hydroxyl groups is 1. The standard InChI is InChI=1S/C17H18F2N2O/c18-16-3-1-2-13(17(16)19)12-20-8-10-21(11-9-20)14-4-6-15(22)7-5-14/h1-7,22H,8-12H2. The lowest BCUT2D eigenvalue weighted by molar-refractivity contribution is 0.245. The zero-order valence-corrected chi connectivity index (χ0v) is 12.2. The monoisotopic (exact) mass is 304 g/mol. The smallest absolute Gasteiger partial charge is 0.163 e. The van der Waals surface area contributed by atoms with Crippen LogP contribution in [0.3, 0.4) is 0 Å². The van der Waals surface area contributed by atoms with E-state index in [1.807, 2.05) is 12.1 Å². The van der Waals surface area contributed by atoms with Crippen molar-refractivity contribution in [1.82, 2.24) is 4.90 Å². The molecule has 1 N–H and O–H groups in total. The van der Waals surface area contributed by atoms with Crippen LogP contribution in [0.2, 0.25) is 0 Å². The van der Waals surface area contributed by atoms with Gasteiger partial charge >= 0.3 is 0 Å². The largest absolute Gasteiger partial charge is 0.508 e. The van der Waals surface area contributed by atoms with Crippen molar-refractivity contribution in [3.8, 4) is 5.75 Å². The van der Waals surface area contributed by atoms with Gasteiger partial charge in [0.15, 0.2) is 11.6 Å². The lowest BCUT2D eigenvalue weighted by Crippen LogP contribution is -2.46.